The summed E-state index contributed by atoms with van der Waals surface area (Å²) in [7, 11) is 1.34. The zero-order valence-corrected chi connectivity index (χ0v) is 18.4. The van der Waals surface area contributed by atoms with Crippen molar-refractivity contribution < 1.29 is 13.9 Å². The number of hydrogen-bond acceptors (Lipinski definition) is 6. The molecule has 4 aromatic rings. The fourth-order valence-corrected chi connectivity index (χ4v) is 4.57. The lowest BCUT2D eigenvalue weighted by atomic mass is 10.1. The molecule has 7 nitrogen and oxygen atoms in total. The zero-order chi connectivity index (χ0) is 22.8. The smallest absolute Gasteiger partial charge is 0.337 e. The molecule has 0 saturated heterocycles. The van der Waals surface area contributed by atoms with Gasteiger partial charge in [0.15, 0.2) is 0 Å². The molecule has 0 aliphatic heterocycles. The predicted octanol–water partition coefficient (Wildman–Crippen LogP) is 4.71. The Morgan fingerprint density at radius 2 is 1.91 bits per heavy atom. The number of benzene rings is 2. The molecule has 1 aliphatic carbocycles. The summed E-state index contributed by atoms with van der Waals surface area (Å²) >= 11 is 0. The SMILES string of the molecule is COC(=O)c1ccc2c(=O)n(-c3ccccc3)c(N(Cc3ccco3)C3CCCC3)nc2c1. The highest BCUT2D eigenvalue weighted by Gasteiger charge is 2.28. The molecule has 0 unspecified atom stereocenters. The lowest BCUT2D eigenvalue weighted by molar-refractivity contribution is 0.0601. The summed E-state index contributed by atoms with van der Waals surface area (Å²) in [6, 6.07) is 18.4. The zero-order valence-electron chi connectivity index (χ0n) is 18.4. The molecular formula is C26H25N3O4. The van der Waals surface area contributed by atoms with Gasteiger partial charge < -0.3 is 14.1 Å². The molecule has 2 aromatic heterocycles. The number of carbonyl (C=O) groups excluding carboxylic acids is 1. The number of carbonyl (C=O) groups is 1. The largest absolute Gasteiger partial charge is 0.467 e. The van der Waals surface area contributed by atoms with Crippen LogP contribution in [-0.2, 0) is 11.3 Å². The van der Waals surface area contributed by atoms with Crippen LogP contribution in [-0.4, -0.2) is 28.7 Å². The molecule has 0 amide bonds. The number of nitrogens with zero attached hydrogens (tertiary/aromatic N) is 3. The Kier molecular flexibility index (Phi) is 5.69. The first-order chi connectivity index (χ1) is 16.2. The number of furan rings is 1. The Bertz CT molecular complexity index is 1320. The number of aromatic nitrogens is 2. The van der Waals surface area contributed by atoms with Gasteiger partial charge in [0.2, 0.25) is 5.95 Å². The van der Waals surface area contributed by atoms with E-state index in [9.17, 15) is 9.59 Å². The predicted molar refractivity (Wildman–Crippen MR) is 126 cm³/mol. The van der Waals surface area contributed by atoms with Crippen LogP contribution in [0.15, 0.2) is 76.1 Å². The van der Waals surface area contributed by atoms with Crippen molar-refractivity contribution >= 4 is 22.8 Å². The molecule has 2 heterocycles. The van der Waals surface area contributed by atoms with Crippen molar-refractivity contribution in [3.05, 3.63) is 88.6 Å². The van der Waals surface area contributed by atoms with E-state index in [2.05, 4.69) is 4.90 Å². The second-order valence-corrected chi connectivity index (χ2v) is 8.26. The molecule has 0 radical (unpaired) electrons. The van der Waals surface area contributed by atoms with Crippen LogP contribution < -0.4 is 10.5 Å². The molecule has 0 bridgehead atoms. The number of ether oxygens (including phenoxy) is 1. The van der Waals surface area contributed by atoms with Gasteiger partial charge in [0.1, 0.15) is 5.76 Å². The standard InChI is InChI=1S/C26H25N3O4/c1-32-25(31)18-13-14-22-23(16-18)27-26(29(24(22)30)20-10-3-2-4-11-20)28(19-8-5-6-9-19)17-21-12-7-15-33-21/h2-4,7,10-16,19H,5-6,8-9,17H2,1H3. The van der Waals surface area contributed by atoms with E-state index in [0.717, 1.165) is 37.1 Å². The lowest BCUT2D eigenvalue weighted by Gasteiger charge is -2.31. The Hall–Kier alpha value is -3.87. The summed E-state index contributed by atoms with van der Waals surface area (Å²) in [4.78, 5) is 33.0. The third kappa shape index (κ3) is 4.02. The van der Waals surface area contributed by atoms with Crippen LogP contribution in [0.1, 0.15) is 41.8 Å². The minimum Gasteiger partial charge on any atom is -0.467 e. The molecule has 33 heavy (non-hydrogen) atoms. The van der Waals surface area contributed by atoms with E-state index in [0.29, 0.717) is 29.0 Å². The first-order valence-electron chi connectivity index (χ1n) is 11.2. The van der Waals surface area contributed by atoms with Gasteiger partial charge in [-0.15, -0.1) is 0 Å². The van der Waals surface area contributed by atoms with Gasteiger partial charge in [-0.3, -0.25) is 4.79 Å². The highest BCUT2D eigenvalue weighted by molar-refractivity contribution is 5.94. The van der Waals surface area contributed by atoms with Crippen LogP contribution in [0.3, 0.4) is 0 Å². The molecule has 7 heteroatoms. The van der Waals surface area contributed by atoms with Crippen LogP contribution in [0.25, 0.3) is 16.6 Å². The first kappa shape index (κ1) is 21.0. The average Bonchev–Trinajstić information content (AvgIpc) is 3.56. The van der Waals surface area contributed by atoms with E-state index in [1.165, 1.54) is 7.11 Å². The molecule has 2 aromatic carbocycles. The average molecular weight is 444 g/mol. The van der Waals surface area contributed by atoms with Crippen molar-refractivity contribution in [1.82, 2.24) is 9.55 Å². The van der Waals surface area contributed by atoms with Gasteiger partial charge >= 0.3 is 5.97 Å². The van der Waals surface area contributed by atoms with Crippen LogP contribution in [0.5, 0.6) is 0 Å². The monoisotopic (exact) mass is 443 g/mol. The van der Waals surface area contributed by atoms with E-state index in [1.54, 1.807) is 29.0 Å². The lowest BCUT2D eigenvalue weighted by Crippen LogP contribution is -2.38. The quantitative estimate of drug-likeness (QED) is 0.402. The number of esters is 1. The number of fused-ring (bicyclic) bond motifs is 1. The molecule has 168 valence electrons. The number of hydrogen-bond donors (Lipinski definition) is 0. The summed E-state index contributed by atoms with van der Waals surface area (Å²) in [5, 5.41) is 0.444. The topological polar surface area (TPSA) is 77.6 Å². The Labute approximate surface area is 191 Å². The molecule has 1 aliphatic rings. The van der Waals surface area contributed by atoms with Gasteiger partial charge in [-0.1, -0.05) is 31.0 Å². The van der Waals surface area contributed by atoms with Crippen LogP contribution in [0, 0.1) is 0 Å². The van der Waals surface area contributed by atoms with Crippen molar-refractivity contribution in [2.24, 2.45) is 0 Å². The molecule has 1 saturated carbocycles. The molecule has 0 N–H and O–H groups in total. The number of anilines is 1. The number of para-hydroxylation sites is 1. The normalized spacial score (nSPS) is 14.0. The summed E-state index contributed by atoms with van der Waals surface area (Å²) in [5.74, 6) is 0.888. The maximum absolute atomic E-state index is 13.8. The van der Waals surface area contributed by atoms with Gasteiger partial charge in [-0.25, -0.2) is 14.3 Å². The second-order valence-electron chi connectivity index (χ2n) is 8.26. The fraction of sp³-hybridized carbons (Fsp3) is 0.269. The van der Waals surface area contributed by atoms with Gasteiger partial charge in [0, 0.05) is 6.04 Å². The highest BCUT2D eigenvalue weighted by Crippen LogP contribution is 2.31. The minimum absolute atomic E-state index is 0.181. The van der Waals surface area contributed by atoms with Crippen molar-refractivity contribution in [3.63, 3.8) is 0 Å². The van der Waals surface area contributed by atoms with Gasteiger partial charge in [0.05, 0.1) is 42.1 Å². The maximum atomic E-state index is 13.8. The van der Waals surface area contributed by atoms with Crippen molar-refractivity contribution in [1.29, 1.82) is 0 Å². The number of methoxy groups -OCH3 is 1. The molecular weight excluding hydrogens is 418 g/mol. The van der Waals surface area contributed by atoms with Crippen molar-refractivity contribution in [2.45, 2.75) is 38.3 Å². The van der Waals surface area contributed by atoms with Crippen molar-refractivity contribution in [2.75, 3.05) is 12.0 Å². The van der Waals surface area contributed by atoms with E-state index >= 15 is 0 Å². The Morgan fingerprint density at radius 1 is 1.12 bits per heavy atom. The third-order valence-corrected chi connectivity index (χ3v) is 6.22. The maximum Gasteiger partial charge on any atom is 0.337 e. The Balaban J connectivity index is 1.76. The summed E-state index contributed by atoms with van der Waals surface area (Å²) in [5.41, 5.74) is 1.39. The molecule has 0 atom stereocenters. The number of rotatable bonds is 6. The minimum atomic E-state index is -0.462. The third-order valence-electron chi connectivity index (χ3n) is 6.22. The van der Waals surface area contributed by atoms with E-state index in [4.69, 9.17) is 14.1 Å². The summed E-state index contributed by atoms with van der Waals surface area (Å²) < 4.78 is 12.2. The molecule has 0 spiro atoms. The van der Waals surface area contributed by atoms with Crippen LogP contribution in [0.4, 0.5) is 5.95 Å². The van der Waals surface area contributed by atoms with Gasteiger partial charge in [0.25, 0.3) is 5.56 Å². The Morgan fingerprint density at radius 3 is 2.61 bits per heavy atom. The fourth-order valence-electron chi connectivity index (χ4n) is 4.57. The summed E-state index contributed by atoms with van der Waals surface area (Å²) in [6.07, 6.45) is 5.96. The highest BCUT2D eigenvalue weighted by atomic mass is 16.5. The van der Waals surface area contributed by atoms with Crippen molar-refractivity contribution in [3.8, 4) is 5.69 Å². The molecule has 1 fully saturated rings. The van der Waals surface area contributed by atoms with E-state index in [1.807, 2.05) is 42.5 Å². The first-order valence-corrected chi connectivity index (χ1v) is 11.2. The van der Waals surface area contributed by atoms with Crippen LogP contribution >= 0.6 is 0 Å². The second kappa shape index (κ2) is 8.94. The van der Waals surface area contributed by atoms with E-state index < -0.39 is 5.97 Å². The van der Waals surface area contributed by atoms with Gasteiger partial charge in [-0.05, 0) is 55.3 Å². The van der Waals surface area contributed by atoms with E-state index in [-0.39, 0.29) is 11.6 Å². The van der Waals surface area contributed by atoms with Crippen LogP contribution in [0.2, 0.25) is 0 Å². The summed E-state index contributed by atoms with van der Waals surface area (Å²) in [6.45, 7) is 0.499. The molecule has 5 rings (SSSR count). The van der Waals surface area contributed by atoms with Gasteiger partial charge in [-0.2, -0.15) is 0 Å².